The van der Waals surface area contributed by atoms with Gasteiger partial charge in [0.1, 0.15) is 0 Å². The maximum Gasteiger partial charge on any atom is 0.336 e. The highest BCUT2D eigenvalue weighted by Gasteiger charge is 2.32. The molecule has 0 aliphatic carbocycles. The van der Waals surface area contributed by atoms with Crippen LogP contribution in [-0.4, -0.2) is 18.1 Å². The van der Waals surface area contributed by atoms with Crippen LogP contribution < -0.4 is 10.6 Å². The minimum Gasteiger partial charge on any atom is -0.306 e. The Labute approximate surface area is 146 Å². The zero-order chi connectivity index (χ0) is 17.6. The quantitative estimate of drug-likeness (QED) is 0.610. The second-order valence-electron chi connectivity index (χ2n) is 6.16. The Bertz CT molecular complexity index is 603. The average molecular weight is 364 g/mol. The first-order valence-corrected chi connectivity index (χ1v) is 11.5. The Hall–Kier alpha value is -0.980. The SMILES string of the molecule is CC(C)OP(=O)(CP(c1ccccc1)c1ccccc1)OC(C)C. The summed E-state index contributed by atoms with van der Waals surface area (Å²) < 4.78 is 24.9. The van der Waals surface area contributed by atoms with Crippen molar-refractivity contribution in [2.24, 2.45) is 0 Å². The molecule has 0 fully saturated rings. The van der Waals surface area contributed by atoms with Crippen molar-refractivity contribution in [3.8, 4) is 0 Å². The first kappa shape index (κ1) is 19.3. The second-order valence-corrected chi connectivity index (χ2v) is 10.8. The van der Waals surface area contributed by atoms with Crippen LogP contribution >= 0.6 is 15.5 Å². The van der Waals surface area contributed by atoms with Gasteiger partial charge in [-0.05, 0) is 46.2 Å². The van der Waals surface area contributed by atoms with Crippen molar-refractivity contribution in [2.45, 2.75) is 39.9 Å². The first-order chi connectivity index (χ1) is 11.4. The van der Waals surface area contributed by atoms with Crippen LogP contribution in [0, 0.1) is 0 Å². The summed E-state index contributed by atoms with van der Waals surface area (Å²) in [6.45, 7) is 7.57. The molecule has 0 unspecified atom stereocenters. The summed E-state index contributed by atoms with van der Waals surface area (Å²) >= 11 is 0. The topological polar surface area (TPSA) is 35.5 Å². The monoisotopic (exact) mass is 364 g/mol. The summed E-state index contributed by atoms with van der Waals surface area (Å²) in [7, 11) is -4.00. The Morgan fingerprint density at radius 3 is 1.50 bits per heavy atom. The molecule has 0 amide bonds. The predicted octanol–water partition coefficient (Wildman–Crippen LogP) is 5.12. The minimum atomic E-state index is -3.19. The highest BCUT2D eigenvalue weighted by molar-refractivity contribution is 7.82. The molecule has 0 aromatic heterocycles. The van der Waals surface area contributed by atoms with Gasteiger partial charge in [0.25, 0.3) is 0 Å². The average Bonchev–Trinajstić information content (AvgIpc) is 2.53. The van der Waals surface area contributed by atoms with E-state index in [-0.39, 0.29) is 12.2 Å². The summed E-state index contributed by atoms with van der Waals surface area (Å²) in [6.07, 6.45) is -0.282. The van der Waals surface area contributed by atoms with E-state index in [9.17, 15) is 4.57 Å². The van der Waals surface area contributed by atoms with Gasteiger partial charge in [-0.3, -0.25) is 4.57 Å². The van der Waals surface area contributed by atoms with Crippen molar-refractivity contribution in [3.63, 3.8) is 0 Å². The van der Waals surface area contributed by atoms with E-state index in [1.165, 1.54) is 10.6 Å². The van der Waals surface area contributed by atoms with Crippen molar-refractivity contribution in [1.29, 1.82) is 0 Å². The Kier molecular flexibility index (Phi) is 7.19. The zero-order valence-electron chi connectivity index (χ0n) is 14.8. The summed E-state index contributed by atoms with van der Waals surface area (Å²) in [4.78, 5) is 0. The molecule has 3 nitrogen and oxygen atoms in total. The molecule has 0 bridgehead atoms. The van der Waals surface area contributed by atoms with Crippen LogP contribution in [-0.2, 0) is 13.6 Å². The molecule has 0 aliphatic rings. The van der Waals surface area contributed by atoms with Crippen molar-refractivity contribution >= 4 is 26.1 Å². The molecule has 0 spiro atoms. The number of benzene rings is 2. The van der Waals surface area contributed by atoms with E-state index < -0.39 is 15.5 Å². The molecule has 0 heterocycles. The van der Waals surface area contributed by atoms with Gasteiger partial charge in [-0.1, -0.05) is 60.7 Å². The zero-order valence-corrected chi connectivity index (χ0v) is 16.5. The molecular weight excluding hydrogens is 338 g/mol. The fourth-order valence-electron chi connectivity index (χ4n) is 2.44. The van der Waals surface area contributed by atoms with E-state index in [0.29, 0.717) is 5.90 Å². The van der Waals surface area contributed by atoms with E-state index in [2.05, 4.69) is 24.3 Å². The fraction of sp³-hybridized carbons (Fsp3) is 0.368. The number of hydrogen-bond donors (Lipinski definition) is 0. The lowest BCUT2D eigenvalue weighted by Crippen LogP contribution is -2.17. The Morgan fingerprint density at radius 2 is 1.17 bits per heavy atom. The highest BCUT2D eigenvalue weighted by atomic mass is 31.2. The van der Waals surface area contributed by atoms with E-state index in [1.54, 1.807) is 0 Å². The van der Waals surface area contributed by atoms with Gasteiger partial charge in [-0.2, -0.15) is 0 Å². The standard InChI is InChI=1S/C19H26O3P2/c1-16(2)21-24(20,22-17(3)4)15-23(18-11-7-5-8-12-18)19-13-9-6-10-14-19/h5-14,16-17H,15H2,1-4H3. The fourth-order valence-corrected chi connectivity index (χ4v) is 8.36. The number of rotatable bonds is 8. The summed E-state index contributed by atoms with van der Waals surface area (Å²) in [5, 5.41) is 2.36. The molecule has 0 saturated heterocycles. The van der Waals surface area contributed by atoms with Crippen LogP contribution in [0.2, 0.25) is 0 Å². The van der Waals surface area contributed by atoms with Gasteiger partial charge in [0.05, 0.1) is 18.1 Å². The molecule has 0 atom stereocenters. The van der Waals surface area contributed by atoms with E-state index in [4.69, 9.17) is 9.05 Å². The molecule has 2 aromatic rings. The molecule has 130 valence electrons. The van der Waals surface area contributed by atoms with Gasteiger partial charge in [-0.25, -0.2) is 0 Å². The van der Waals surface area contributed by atoms with Crippen LogP contribution in [0.15, 0.2) is 60.7 Å². The lowest BCUT2D eigenvalue weighted by Gasteiger charge is -2.27. The Morgan fingerprint density at radius 1 is 0.792 bits per heavy atom. The third-order valence-electron chi connectivity index (χ3n) is 3.19. The van der Waals surface area contributed by atoms with Crippen LogP contribution in [0.3, 0.4) is 0 Å². The summed E-state index contributed by atoms with van der Waals surface area (Å²) in [6, 6.07) is 20.4. The largest absolute Gasteiger partial charge is 0.336 e. The lowest BCUT2D eigenvalue weighted by atomic mass is 10.4. The number of hydrogen-bond acceptors (Lipinski definition) is 3. The molecule has 0 radical (unpaired) electrons. The van der Waals surface area contributed by atoms with E-state index in [1.807, 2.05) is 64.1 Å². The smallest absolute Gasteiger partial charge is 0.306 e. The van der Waals surface area contributed by atoms with Gasteiger partial charge in [-0.15, -0.1) is 0 Å². The molecule has 0 aliphatic heterocycles. The van der Waals surface area contributed by atoms with Crippen molar-refractivity contribution in [3.05, 3.63) is 60.7 Å². The van der Waals surface area contributed by atoms with Gasteiger partial charge >= 0.3 is 7.60 Å². The maximum absolute atomic E-state index is 13.4. The maximum atomic E-state index is 13.4. The van der Waals surface area contributed by atoms with Crippen LogP contribution in [0.5, 0.6) is 0 Å². The molecule has 24 heavy (non-hydrogen) atoms. The molecule has 2 aromatic carbocycles. The predicted molar refractivity (Wildman–Crippen MR) is 104 cm³/mol. The van der Waals surface area contributed by atoms with Crippen LogP contribution in [0.4, 0.5) is 0 Å². The van der Waals surface area contributed by atoms with Gasteiger partial charge in [0, 0.05) is 0 Å². The molecule has 0 N–H and O–H groups in total. The summed E-state index contributed by atoms with van der Waals surface area (Å²) in [5.41, 5.74) is 0. The molecule has 0 saturated carbocycles. The molecule has 2 rings (SSSR count). The van der Waals surface area contributed by atoms with E-state index >= 15 is 0 Å². The van der Waals surface area contributed by atoms with Crippen molar-refractivity contribution < 1.29 is 13.6 Å². The van der Waals surface area contributed by atoms with Gasteiger partial charge in [0.2, 0.25) is 0 Å². The third-order valence-corrected chi connectivity index (χ3v) is 9.04. The first-order valence-electron chi connectivity index (χ1n) is 8.23. The van der Waals surface area contributed by atoms with Crippen molar-refractivity contribution in [2.75, 3.05) is 5.90 Å². The van der Waals surface area contributed by atoms with Gasteiger partial charge < -0.3 is 9.05 Å². The van der Waals surface area contributed by atoms with Crippen LogP contribution in [0.1, 0.15) is 27.7 Å². The van der Waals surface area contributed by atoms with Gasteiger partial charge in [0.15, 0.2) is 0 Å². The lowest BCUT2D eigenvalue weighted by molar-refractivity contribution is 0.145. The highest BCUT2D eigenvalue weighted by Crippen LogP contribution is 2.59. The Balaban J connectivity index is 2.37. The van der Waals surface area contributed by atoms with Crippen molar-refractivity contribution in [1.82, 2.24) is 0 Å². The third kappa shape index (κ3) is 5.83. The summed E-state index contributed by atoms with van der Waals surface area (Å²) in [5.74, 6) is 0.396. The van der Waals surface area contributed by atoms with E-state index in [0.717, 1.165) is 0 Å². The normalized spacial score (nSPS) is 12.3. The molecular formula is C19H26O3P2. The molecule has 5 heteroatoms. The minimum absolute atomic E-state index is 0.141. The second kappa shape index (κ2) is 8.92. The van der Waals surface area contributed by atoms with Crippen LogP contribution in [0.25, 0.3) is 0 Å².